The van der Waals surface area contributed by atoms with Crippen molar-refractivity contribution in [1.29, 1.82) is 0 Å². The van der Waals surface area contributed by atoms with Crippen LogP contribution in [0.15, 0.2) is 46.4 Å². The molecule has 0 saturated carbocycles. The van der Waals surface area contributed by atoms with E-state index in [1.807, 2.05) is 19.9 Å². The van der Waals surface area contributed by atoms with Crippen LogP contribution in [0, 0.1) is 5.92 Å². The highest BCUT2D eigenvalue weighted by molar-refractivity contribution is 5.88. The fraction of sp³-hybridized carbons (Fsp3) is 0.278. The van der Waals surface area contributed by atoms with E-state index in [2.05, 4.69) is 30.1 Å². The summed E-state index contributed by atoms with van der Waals surface area (Å²) in [5.41, 5.74) is 2.89. The maximum absolute atomic E-state index is 10.9. The van der Waals surface area contributed by atoms with Crippen molar-refractivity contribution >= 4 is 11.5 Å². The second kappa shape index (κ2) is 7.05. The van der Waals surface area contributed by atoms with E-state index in [9.17, 15) is 4.79 Å². The molecule has 0 amide bonds. The van der Waals surface area contributed by atoms with Gasteiger partial charge in [0, 0.05) is 11.1 Å². The molecule has 0 saturated heterocycles. The molecule has 5 nitrogen and oxygen atoms in total. The highest BCUT2D eigenvalue weighted by Crippen LogP contribution is 2.26. The molecular formula is C18H20N2O3. The third-order valence-electron chi connectivity index (χ3n) is 3.33. The van der Waals surface area contributed by atoms with Gasteiger partial charge in [0.05, 0.1) is 5.56 Å². The van der Waals surface area contributed by atoms with Crippen LogP contribution in [0.3, 0.4) is 0 Å². The van der Waals surface area contributed by atoms with Crippen LogP contribution in [0.1, 0.15) is 43.9 Å². The molecule has 1 N–H and O–H groups in total. The monoisotopic (exact) mass is 312 g/mol. The lowest BCUT2D eigenvalue weighted by molar-refractivity contribution is 0.0697. The largest absolute Gasteiger partial charge is 0.478 e. The van der Waals surface area contributed by atoms with Crippen molar-refractivity contribution in [1.82, 2.24) is 10.2 Å². The van der Waals surface area contributed by atoms with E-state index in [4.69, 9.17) is 9.52 Å². The zero-order valence-corrected chi connectivity index (χ0v) is 13.7. The van der Waals surface area contributed by atoms with Gasteiger partial charge in [-0.1, -0.05) is 26.0 Å². The number of carboxylic acids is 1. The highest BCUT2D eigenvalue weighted by atomic mass is 16.4. The van der Waals surface area contributed by atoms with Crippen LogP contribution in [-0.2, 0) is 0 Å². The van der Waals surface area contributed by atoms with E-state index in [0.29, 0.717) is 23.3 Å². The number of allylic oxidation sites excluding steroid dienone is 4. The minimum Gasteiger partial charge on any atom is -0.478 e. The summed E-state index contributed by atoms with van der Waals surface area (Å²) in [4.78, 5) is 10.9. The zero-order chi connectivity index (χ0) is 17.0. The molecule has 0 spiro atoms. The van der Waals surface area contributed by atoms with E-state index in [0.717, 1.165) is 11.1 Å². The molecule has 5 heteroatoms. The number of rotatable bonds is 5. The fourth-order valence-electron chi connectivity index (χ4n) is 2.31. The van der Waals surface area contributed by atoms with Gasteiger partial charge in [-0.15, -0.1) is 10.2 Å². The molecule has 0 fully saturated rings. The Morgan fingerprint density at radius 1 is 1.22 bits per heavy atom. The van der Waals surface area contributed by atoms with Gasteiger partial charge in [-0.25, -0.2) is 4.79 Å². The van der Waals surface area contributed by atoms with Crippen LogP contribution >= 0.6 is 0 Å². The van der Waals surface area contributed by atoms with Gasteiger partial charge in [0.15, 0.2) is 0 Å². The molecule has 0 unspecified atom stereocenters. The van der Waals surface area contributed by atoms with E-state index in [-0.39, 0.29) is 5.56 Å². The first-order valence-corrected chi connectivity index (χ1v) is 7.45. The molecule has 1 heterocycles. The lowest BCUT2D eigenvalue weighted by atomic mass is 10.0. The summed E-state index contributed by atoms with van der Waals surface area (Å²) in [6, 6.07) is 6.35. The molecule has 0 bridgehead atoms. The zero-order valence-electron chi connectivity index (χ0n) is 13.7. The van der Waals surface area contributed by atoms with Crippen LogP contribution in [-0.4, -0.2) is 21.3 Å². The summed E-state index contributed by atoms with van der Waals surface area (Å²) in [5.74, 6) is 0.289. The molecule has 1 aromatic carbocycles. The first kappa shape index (κ1) is 16.7. The lowest BCUT2D eigenvalue weighted by Gasteiger charge is -2.04. The number of aromatic carboxylic acids is 1. The minimum absolute atomic E-state index is 0.221. The Bertz CT molecular complexity index is 753. The molecular weight excluding hydrogens is 292 g/mol. The van der Waals surface area contributed by atoms with Crippen LogP contribution in [0.25, 0.3) is 17.0 Å². The van der Waals surface area contributed by atoms with Crippen LogP contribution < -0.4 is 0 Å². The van der Waals surface area contributed by atoms with Gasteiger partial charge in [0.2, 0.25) is 11.8 Å². The molecule has 0 aliphatic rings. The molecule has 0 radical (unpaired) electrons. The van der Waals surface area contributed by atoms with Crippen molar-refractivity contribution in [3.63, 3.8) is 0 Å². The smallest absolute Gasteiger partial charge is 0.335 e. The number of aromatic nitrogens is 2. The molecule has 120 valence electrons. The van der Waals surface area contributed by atoms with Gasteiger partial charge < -0.3 is 9.52 Å². The highest BCUT2D eigenvalue weighted by Gasteiger charge is 2.14. The van der Waals surface area contributed by atoms with Crippen molar-refractivity contribution in [2.45, 2.75) is 27.7 Å². The van der Waals surface area contributed by atoms with Gasteiger partial charge in [-0.3, -0.25) is 0 Å². The molecule has 0 aliphatic heterocycles. The number of benzene rings is 1. The number of carbonyl (C=O) groups is 1. The topological polar surface area (TPSA) is 76.2 Å². The summed E-state index contributed by atoms with van der Waals surface area (Å²) in [6.45, 7) is 8.17. The molecule has 2 rings (SSSR count). The quantitative estimate of drug-likeness (QED) is 0.826. The molecule has 0 atom stereocenters. The Hall–Kier alpha value is -2.69. The maximum atomic E-state index is 10.9. The van der Waals surface area contributed by atoms with Crippen molar-refractivity contribution in [2.24, 2.45) is 5.92 Å². The molecule has 0 aliphatic carbocycles. The van der Waals surface area contributed by atoms with Gasteiger partial charge in [0.1, 0.15) is 0 Å². The summed E-state index contributed by atoms with van der Waals surface area (Å²) in [7, 11) is 0. The summed E-state index contributed by atoms with van der Waals surface area (Å²) in [6.07, 6.45) is 4.08. The summed E-state index contributed by atoms with van der Waals surface area (Å²) < 4.78 is 5.75. The SMILES string of the molecule is C/C=C(\C(C)=C/C(C)C)c1nnc(-c2ccc(C(=O)O)cc2)o1. The van der Waals surface area contributed by atoms with E-state index < -0.39 is 5.97 Å². The second-order valence-corrected chi connectivity index (χ2v) is 5.59. The van der Waals surface area contributed by atoms with Gasteiger partial charge in [-0.2, -0.15) is 0 Å². The number of hydrogen-bond donors (Lipinski definition) is 1. The van der Waals surface area contributed by atoms with Crippen LogP contribution in [0.2, 0.25) is 0 Å². The average molecular weight is 312 g/mol. The Labute approximate surface area is 135 Å². The van der Waals surface area contributed by atoms with E-state index in [1.165, 1.54) is 12.1 Å². The second-order valence-electron chi connectivity index (χ2n) is 5.59. The predicted octanol–water partition coefficient (Wildman–Crippen LogP) is 4.44. The van der Waals surface area contributed by atoms with Gasteiger partial charge in [-0.05, 0) is 49.6 Å². The van der Waals surface area contributed by atoms with Crippen LogP contribution in [0.4, 0.5) is 0 Å². The Balaban J connectivity index is 2.31. The Morgan fingerprint density at radius 3 is 2.39 bits per heavy atom. The maximum Gasteiger partial charge on any atom is 0.335 e. The summed E-state index contributed by atoms with van der Waals surface area (Å²) in [5, 5.41) is 17.1. The number of hydrogen-bond acceptors (Lipinski definition) is 4. The first-order valence-electron chi connectivity index (χ1n) is 7.45. The standard InChI is InChI=1S/C18H20N2O3/c1-5-15(12(4)10-11(2)3)17-20-19-16(23-17)13-6-8-14(9-7-13)18(21)22/h5-11H,1-4H3,(H,21,22)/b12-10-,15-5+. The molecule has 23 heavy (non-hydrogen) atoms. The van der Waals surface area contributed by atoms with Crippen molar-refractivity contribution in [3.05, 3.63) is 53.4 Å². The van der Waals surface area contributed by atoms with E-state index >= 15 is 0 Å². The lowest BCUT2D eigenvalue weighted by Crippen LogP contribution is -1.94. The minimum atomic E-state index is -0.964. The Kier molecular flexibility index (Phi) is 5.11. The fourth-order valence-corrected chi connectivity index (χ4v) is 2.31. The Morgan fingerprint density at radius 2 is 1.87 bits per heavy atom. The molecule has 2 aromatic rings. The summed E-state index contributed by atoms with van der Waals surface area (Å²) >= 11 is 0. The number of carboxylic acid groups (broad SMARTS) is 1. The van der Waals surface area contributed by atoms with Gasteiger partial charge in [0.25, 0.3) is 0 Å². The first-order chi connectivity index (χ1) is 10.9. The average Bonchev–Trinajstić information content (AvgIpc) is 2.97. The third kappa shape index (κ3) is 3.94. The third-order valence-corrected chi connectivity index (χ3v) is 3.33. The van der Waals surface area contributed by atoms with Crippen LogP contribution in [0.5, 0.6) is 0 Å². The van der Waals surface area contributed by atoms with Gasteiger partial charge >= 0.3 is 5.97 Å². The van der Waals surface area contributed by atoms with E-state index in [1.54, 1.807) is 12.1 Å². The van der Waals surface area contributed by atoms with Crippen molar-refractivity contribution < 1.29 is 14.3 Å². The number of nitrogens with zero attached hydrogens (tertiary/aromatic N) is 2. The van der Waals surface area contributed by atoms with Crippen molar-refractivity contribution in [2.75, 3.05) is 0 Å². The van der Waals surface area contributed by atoms with Crippen molar-refractivity contribution in [3.8, 4) is 11.5 Å². The predicted molar refractivity (Wildman–Crippen MR) is 88.9 cm³/mol. The molecule has 1 aromatic heterocycles. The normalized spacial score (nSPS) is 12.7.